The van der Waals surface area contributed by atoms with E-state index in [0.717, 1.165) is 17.9 Å². The molecule has 18 heavy (non-hydrogen) atoms. The summed E-state index contributed by atoms with van der Waals surface area (Å²) in [7, 11) is 0. The van der Waals surface area contributed by atoms with E-state index in [4.69, 9.17) is 28.9 Å². The molecule has 1 unspecified atom stereocenters. The van der Waals surface area contributed by atoms with E-state index in [2.05, 4.69) is 10.1 Å². The fourth-order valence-corrected chi connectivity index (χ4v) is 2.55. The zero-order valence-corrected chi connectivity index (χ0v) is 11.5. The maximum Gasteiger partial charge on any atom is 0.138 e. The normalized spacial score (nSPS) is 12.7. The van der Waals surface area contributed by atoms with Crippen LogP contribution in [0.3, 0.4) is 0 Å². The van der Waals surface area contributed by atoms with Crippen molar-refractivity contribution in [2.75, 3.05) is 0 Å². The maximum absolute atomic E-state index is 6.16. The molecule has 0 aliphatic carbocycles. The number of halogens is 2. The van der Waals surface area contributed by atoms with Crippen molar-refractivity contribution in [2.45, 2.75) is 25.9 Å². The average Bonchev–Trinajstić information content (AvgIpc) is 2.76. The summed E-state index contributed by atoms with van der Waals surface area (Å²) in [6.45, 7) is 2.77. The molecule has 1 atom stereocenters. The predicted molar refractivity (Wildman–Crippen MR) is 72.8 cm³/mol. The van der Waals surface area contributed by atoms with Crippen LogP contribution >= 0.6 is 23.2 Å². The van der Waals surface area contributed by atoms with Crippen LogP contribution in [0.15, 0.2) is 24.5 Å². The van der Waals surface area contributed by atoms with Crippen molar-refractivity contribution < 1.29 is 0 Å². The lowest BCUT2D eigenvalue weighted by atomic mass is 10.0. The minimum atomic E-state index is -0.291. The molecule has 96 valence electrons. The summed E-state index contributed by atoms with van der Waals surface area (Å²) in [5.41, 5.74) is 6.92. The van der Waals surface area contributed by atoms with E-state index < -0.39 is 0 Å². The summed E-state index contributed by atoms with van der Waals surface area (Å²) in [6.07, 6.45) is 2.08. The molecular weight excluding hydrogens is 271 g/mol. The van der Waals surface area contributed by atoms with Crippen molar-refractivity contribution in [1.82, 2.24) is 14.8 Å². The molecular formula is C12H14Cl2N4. The number of benzene rings is 1. The summed E-state index contributed by atoms with van der Waals surface area (Å²) < 4.78 is 1.81. The zero-order valence-electron chi connectivity index (χ0n) is 9.98. The summed E-state index contributed by atoms with van der Waals surface area (Å²) >= 11 is 12.3. The SMILES string of the molecule is CCn1ncnc1CC(N)c1c(Cl)cccc1Cl. The summed E-state index contributed by atoms with van der Waals surface area (Å²) in [4.78, 5) is 4.20. The Labute approximate surface area is 116 Å². The Morgan fingerprint density at radius 3 is 2.61 bits per heavy atom. The molecule has 1 aromatic heterocycles. The Hall–Kier alpha value is -1.10. The molecule has 0 aliphatic rings. The summed E-state index contributed by atoms with van der Waals surface area (Å²) in [6, 6.07) is 5.08. The van der Waals surface area contributed by atoms with E-state index >= 15 is 0 Å². The molecule has 0 bridgehead atoms. The molecule has 2 N–H and O–H groups in total. The Bertz CT molecular complexity index is 518. The van der Waals surface area contributed by atoms with Crippen LogP contribution in [0.2, 0.25) is 10.0 Å². The molecule has 0 saturated carbocycles. The van der Waals surface area contributed by atoms with Crippen molar-refractivity contribution in [3.63, 3.8) is 0 Å². The van der Waals surface area contributed by atoms with E-state index in [0.29, 0.717) is 16.5 Å². The highest BCUT2D eigenvalue weighted by Crippen LogP contribution is 2.30. The van der Waals surface area contributed by atoms with Gasteiger partial charge in [-0.05, 0) is 19.1 Å². The highest BCUT2D eigenvalue weighted by Gasteiger charge is 2.17. The smallest absolute Gasteiger partial charge is 0.138 e. The average molecular weight is 285 g/mol. The van der Waals surface area contributed by atoms with Crippen molar-refractivity contribution in [3.8, 4) is 0 Å². The second-order valence-electron chi connectivity index (χ2n) is 3.94. The van der Waals surface area contributed by atoms with E-state index in [-0.39, 0.29) is 6.04 Å². The fraction of sp³-hybridized carbons (Fsp3) is 0.333. The highest BCUT2D eigenvalue weighted by atomic mass is 35.5. The quantitative estimate of drug-likeness (QED) is 0.939. The number of nitrogens with two attached hydrogens (primary N) is 1. The standard InChI is InChI=1S/C12H14Cl2N4/c1-2-18-11(16-7-17-18)6-10(15)12-8(13)4-3-5-9(12)14/h3-5,7,10H,2,6,15H2,1H3. The predicted octanol–water partition coefficient (Wildman–Crippen LogP) is 2.85. The Kier molecular flexibility index (Phi) is 4.22. The van der Waals surface area contributed by atoms with E-state index in [1.165, 1.54) is 6.33 Å². The molecule has 6 heteroatoms. The topological polar surface area (TPSA) is 56.7 Å². The van der Waals surface area contributed by atoms with Gasteiger partial charge in [-0.25, -0.2) is 4.98 Å². The lowest BCUT2D eigenvalue weighted by Crippen LogP contribution is -2.17. The fourth-order valence-electron chi connectivity index (χ4n) is 1.87. The van der Waals surface area contributed by atoms with E-state index in [9.17, 15) is 0 Å². The lowest BCUT2D eigenvalue weighted by molar-refractivity contribution is 0.581. The van der Waals surface area contributed by atoms with Gasteiger partial charge in [-0.2, -0.15) is 5.10 Å². The molecule has 0 radical (unpaired) electrons. The van der Waals surface area contributed by atoms with E-state index in [1.807, 2.05) is 11.6 Å². The van der Waals surface area contributed by atoms with Crippen LogP contribution in [0.25, 0.3) is 0 Å². The van der Waals surface area contributed by atoms with Gasteiger partial charge >= 0.3 is 0 Å². The monoisotopic (exact) mass is 284 g/mol. The first-order valence-electron chi connectivity index (χ1n) is 5.69. The molecule has 0 spiro atoms. The van der Waals surface area contributed by atoms with Gasteiger partial charge in [0.05, 0.1) is 0 Å². The van der Waals surface area contributed by atoms with Crippen LogP contribution in [0.5, 0.6) is 0 Å². The first kappa shape index (κ1) is 13.3. The van der Waals surface area contributed by atoms with Crippen LogP contribution < -0.4 is 5.73 Å². The van der Waals surface area contributed by atoms with Gasteiger partial charge in [0, 0.05) is 34.6 Å². The second-order valence-corrected chi connectivity index (χ2v) is 4.75. The maximum atomic E-state index is 6.16. The molecule has 4 nitrogen and oxygen atoms in total. The number of aromatic nitrogens is 3. The van der Waals surface area contributed by atoms with Gasteiger partial charge < -0.3 is 5.73 Å². The van der Waals surface area contributed by atoms with Crippen molar-refractivity contribution in [3.05, 3.63) is 46.0 Å². The van der Waals surface area contributed by atoms with Crippen LogP contribution in [-0.4, -0.2) is 14.8 Å². The first-order chi connectivity index (χ1) is 8.63. The molecule has 0 amide bonds. The zero-order chi connectivity index (χ0) is 13.1. The lowest BCUT2D eigenvalue weighted by Gasteiger charge is -2.15. The number of nitrogens with zero attached hydrogens (tertiary/aromatic N) is 3. The summed E-state index contributed by atoms with van der Waals surface area (Å²) in [5.74, 6) is 0.834. The van der Waals surface area contributed by atoms with Gasteiger partial charge in [-0.15, -0.1) is 0 Å². The van der Waals surface area contributed by atoms with Crippen molar-refractivity contribution in [1.29, 1.82) is 0 Å². The van der Waals surface area contributed by atoms with Crippen LogP contribution in [0.1, 0.15) is 24.4 Å². The first-order valence-corrected chi connectivity index (χ1v) is 6.45. The van der Waals surface area contributed by atoms with Crippen LogP contribution in [0, 0.1) is 0 Å². The Morgan fingerprint density at radius 1 is 1.33 bits per heavy atom. The van der Waals surface area contributed by atoms with Gasteiger partial charge in [-0.3, -0.25) is 4.68 Å². The van der Waals surface area contributed by atoms with Crippen molar-refractivity contribution in [2.24, 2.45) is 5.73 Å². The van der Waals surface area contributed by atoms with E-state index in [1.54, 1.807) is 18.2 Å². The minimum Gasteiger partial charge on any atom is -0.323 e. The molecule has 1 heterocycles. The van der Waals surface area contributed by atoms with Gasteiger partial charge in [-0.1, -0.05) is 29.3 Å². The summed E-state index contributed by atoms with van der Waals surface area (Å²) in [5, 5.41) is 5.27. The molecule has 1 aromatic carbocycles. The number of aryl methyl sites for hydroxylation is 1. The van der Waals surface area contributed by atoms with Gasteiger partial charge in [0.1, 0.15) is 12.2 Å². The Balaban J connectivity index is 2.25. The third kappa shape index (κ3) is 2.66. The Morgan fingerprint density at radius 2 is 2.00 bits per heavy atom. The van der Waals surface area contributed by atoms with Crippen molar-refractivity contribution >= 4 is 23.2 Å². The van der Waals surface area contributed by atoms with Crippen LogP contribution in [0.4, 0.5) is 0 Å². The molecule has 2 aromatic rings. The van der Waals surface area contributed by atoms with Crippen LogP contribution in [-0.2, 0) is 13.0 Å². The molecule has 0 aliphatic heterocycles. The molecule has 0 fully saturated rings. The third-order valence-corrected chi connectivity index (χ3v) is 3.43. The minimum absolute atomic E-state index is 0.291. The van der Waals surface area contributed by atoms with Gasteiger partial charge in [0.2, 0.25) is 0 Å². The molecule has 2 rings (SSSR count). The van der Waals surface area contributed by atoms with Gasteiger partial charge in [0.25, 0.3) is 0 Å². The number of hydrogen-bond donors (Lipinski definition) is 1. The number of rotatable bonds is 4. The third-order valence-electron chi connectivity index (χ3n) is 2.77. The highest BCUT2D eigenvalue weighted by molar-refractivity contribution is 6.36. The van der Waals surface area contributed by atoms with Gasteiger partial charge in [0.15, 0.2) is 0 Å². The number of hydrogen-bond acceptors (Lipinski definition) is 3. The largest absolute Gasteiger partial charge is 0.323 e. The second kappa shape index (κ2) is 5.69. The molecule has 0 saturated heterocycles.